The highest BCUT2D eigenvalue weighted by Gasteiger charge is 2.17. The predicted molar refractivity (Wildman–Crippen MR) is 72.6 cm³/mol. The number of halogens is 1. The Bertz CT molecular complexity index is 474. The van der Waals surface area contributed by atoms with E-state index >= 15 is 0 Å². The van der Waals surface area contributed by atoms with Crippen LogP contribution in [-0.4, -0.2) is 16.9 Å². The van der Waals surface area contributed by atoms with Crippen molar-refractivity contribution in [1.29, 1.82) is 0 Å². The second-order valence-corrected chi connectivity index (χ2v) is 5.28. The van der Waals surface area contributed by atoms with Crippen molar-refractivity contribution < 1.29 is 9.72 Å². The summed E-state index contributed by atoms with van der Waals surface area (Å²) in [6, 6.07) is 4.35. The highest BCUT2D eigenvalue weighted by molar-refractivity contribution is 9.10. The van der Waals surface area contributed by atoms with Crippen molar-refractivity contribution in [3.63, 3.8) is 0 Å². The highest BCUT2D eigenvalue weighted by atomic mass is 79.9. The summed E-state index contributed by atoms with van der Waals surface area (Å²) in [5.41, 5.74) is 0.178. The Morgan fingerprint density at radius 3 is 2.50 bits per heavy atom. The summed E-state index contributed by atoms with van der Waals surface area (Å²) in [6.45, 7) is 5.89. The van der Waals surface area contributed by atoms with Gasteiger partial charge in [0.15, 0.2) is 0 Å². The Morgan fingerprint density at radius 2 is 2.00 bits per heavy atom. The van der Waals surface area contributed by atoms with Gasteiger partial charge < -0.3 is 5.32 Å². The van der Waals surface area contributed by atoms with Gasteiger partial charge in [-0.25, -0.2) is 0 Å². The number of nitrogens with one attached hydrogen (secondary N) is 1. The molecule has 0 spiro atoms. The number of carbonyl (C=O) groups is 1. The third kappa shape index (κ3) is 3.53. The number of hydrogen-bond donors (Lipinski definition) is 1. The zero-order valence-corrected chi connectivity index (χ0v) is 12.0. The van der Waals surface area contributed by atoms with Crippen molar-refractivity contribution in [1.82, 2.24) is 5.32 Å². The van der Waals surface area contributed by atoms with Gasteiger partial charge in [-0.2, -0.15) is 0 Å². The second-order valence-electron chi connectivity index (χ2n) is 4.43. The summed E-state index contributed by atoms with van der Waals surface area (Å²) < 4.78 is 0.362. The molecule has 1 aromatic carbocycles. The van der Waals surface area contributed by atoms with Crippen molar-refractivity contribution >= 4 is 27.5 Å². The summed E-state index contributed by atoms with van der Waals surface area (Å²) in [4.78, 5) is 22.1. The lowest BCUT2D eigenvalue weighted by Gasteiger charge is -2.17. The SMILES string of the molecule is CC(C)C(C)NC(=O)c1ccc(Br)c([N+](=O)[O-])c1. The van der Waals surface area contributed by atoms with E-state index < -0.39 is 4.92 Å². The first-order valence-electron chi connectivity index (χ1n) is 5.57. The van der Waals surface area contributed by atoms with E-state index in [4.69, 9.17) is 0 Å². The molecule has 1 rings (SSSR count). The molecule has 0 aliphatic rings. The van der Waals surface area contributed by atoms with Crippen LogP contribution in [0.25, 0.3) is 0 Å². The Balaban J connectivity index is 2.94. The molecule has 0 saturated heterocycles. The van der Waals surface area contributed by atoms with Crippen LogP contribution in [0, 0.1) is 16.0 Å². The normalized spacial score (nSPS) is 12.3. The molecule has 0 radical (unpaired) electrons. The molecular weight excluding hydrogens is 300 g/mol. The number of amides is 1. The second kappa shape index (κ2) is 5.95. The molecule has 0 heterocycles. The fraction of sp³-hybridized carbons (Fsp3) is 0.417. The molecule has 0 saturated carbocycles. The number of hydrogen-bond acceptors (Lipinski definition) is 3. The van der Waals surface area contributed by atoms with E-state index in [9.17, 15) is 14.9 Å². The summed E-state index contributed by atoms with van der Waals surface area (Å²) >= 11 is 3.08. The molecule has 0 aliphatic heterocycles. The molecule has 0 fully saturated rings. The van der Waals surface area contributed by atoms with Crippen molar-refractivity contribution in [3.8, 4) is 0 Å². The van der Waals surface area contributed by atoms with Crippen LogP contribution in [0.4, 0.5) is 5.69 Å². The van der Waals surface area contributed by atoms with Crippen molar-refractivity contribution in [3.05, 3.63) is 38.3 Å². The van der Waals surface area contributed by atoms with Gasteiger partial charge in [0.05, 0.1) is 9.40 Å². The maximum absolute atomic E-state index is 11.9. The average Bonchev–Trinajstić information content (AvgIpc) is 2.28. The van der Waals surface area contributed by atoms with Crippen LogP contribution in [0.3, 0.4) is 0 Å². The number of nitrogens with zero attached hydrogens (tertiary/aromatic N) is 1. The quantitative estimate of drug-likeness (QED) is 0.685. The summed E-state index contributed by atoms with van der Waals surface area (Å²) in [5.74, 6) is 0.00573. The van der Waals surface area contributed by atoms with E-state index in [0.717, 1.165) is 0 Å². The van der Waals surface area contributed by atoms with Gasteiger partial charge in [0.1, 0.15) is 0 Å². The van der Waals surface area contributed by atoms with Gasteiger partial charge >= 0.3 is 0 Å². The number of carbonyl (C=O) groups excluding carboxylic acids is 1. The molecular formula is C12H15BrN2O3. The Hall–Kier alpha value is -1.43. The van der Waals surface area contributed by atoms with E-state index in [-0.39, 0.29) is 23.2 Å². The summed E-state index contributed by atoms with van der Waals surface area (Å²) in [5, 5.41) is 13.6. The van der Waals surface area contributed by atoms with Crippen molar-refractivity contribution in [2.24, 2.45) is 5.92 Å². The minimum atomic E-state index is -0.521. The molecule has 1 N–H and O–H groups in total. The zero-order chi connectivity index (χ0) is 13.9. The van der Waals surface area contributed by atoms with Gasteiger partial charge in [-0.05, 0) is 40.9 Å². The molecule has 5 nitrogen and oxygen atoms in total. The van der Waals surface area contributed by atoms with Gasteiger partial charge in [-0.1, -0.05) is 13.8 Å². The minimum absolute atomic E-state index is 0.0141. The van der Waals surface area contributed by atoms with Crippen LogP contribution >= 0.6 is 15.9 Å². The molecule has 1 amide bonds. The Labute approximate surface area is 114 Å². The van der Waals surface area contributed by atoms with Gasteiger partial charge in [0.25, 0.3) is 11.6 Å². The van der Waals surface area contributed by atoms with Crippen LogP contribution in [-0.2, 0) is 0 Å². The highest BCUT2D eigenvalue weighted by Crippen LogP contribution is 2.25. The fourth-order valence-electron chi connectivity index (χ4n) is 1.25. The van der Waals surface area contributed by atoms with Crippen molar-refractivity contribution in [2.45, 2.75) is 26.8 Å². The van der Waals surface area contributed by atoms with E-state index in [1.54, 1.807) is 6.07 Å². The Morgan fingerprint density at radius 1 is 1.39 bits per heavy atom. The van der Waals surface area contributed by atoms with Crippen molar-refractivity contribution in [2.75, 3.05) is 0 Å². The molecule has 0 aromatic heterocycles. The molecule has 1 unspecified atom stereocenters. The lowest BCUT2D eigenvalue weighted by Crippen LogP contribution is -2.36. The number of nitro groups is 1. The van der Waals surface area contributed by atoms with Gasteiger partial charge in [-0.15, -0.1) is 0 Å². The maximum Gasteiger partial charge on any atom is 0.284 e. The lowest BCUT2D eigenvalue weighted by molar-refractivity contribution is -0.385. The monoisotopic (exact) mass is 314 g/mol. The molecule has 98 valence electrons. The molecule has 6 heteroatoms. The standard InChI is InChI=1S/C12H15BrN2O3/c1-7(2)8(3)14-12(16)9-4-5-10(13)11(6-9)15(17)18/h4-8H,1-3H3,(H,14,16). The Kier molecular flexibility index (Phi) is 4.84. The van der Waals surface area contributed by atoms with Crippen LogP contribution in [0.15, 0.2) is 22.7 Å². The van der Waals surface area contributed by atoms with Crippen LogP contribution in [0.1, 0.15) is 31.1 Å². The first-order chi connectivity index (χ1) is 8.32. The predicted octanol–water partition coefficient (Wildman–Crippen LogP) is 3.13. The first kappa shape index (κ1) is 14.6. The molecule has 0 aliphatic carbocycles. The summed E-state index contributed by atoms with van der Waals surface area (Å²) in [7, 11) is 0. The van der Waals surface area contributed by atoms with E-state index in [1.165, 1.54) is 12.1 Å². The number of rotatable bonds is 4. The van der Waals surface area contributed by atoms with Gasteiger partial charge in [0.2, 0.25) is 0 Å². The van der Waals surface area contributed by atoms with Crippen LogP contribution < -0.4 is 5.32 Å². The smallest absolute Gasteiger partial charge is 0.284 e. The van der Waals surface area contributed by atoms with Crippen LogP contribution in [0.5, 0.6) is 0 Å². The molecule has 0 bridgehead atoms. The molecule has 1 aromatic rings. The average molecular weight is 315 g/mol. The topological polar surface area (TPSA) is 72.2 Å². The molecule has 1 atom stereocenters. The fourth-order valence-corrected chi connectivity index (χ4v) is 1.64. The largest absolute Gasteiger partial charge is 0.349 e. The first-order valence-corrected chi connectivity index (χ1v) is 6.37. The van der Waals surface area contributed by atoms with E-state index in [0.29, 0.717) is 10.4 Å². The van der Waals surface area contributed by atoms with Gasteiger partial charge in [-0.3, -0.25) is 14.9 Å². The van der Waals surface area contributed by atoms with E-state index in [1.807, 2.05) is 20.8 Å². The number of nitro benzene ring substituents is 1. The third-order valence-electron chi connectivity index (χ3n) is 2.76. The lowest BCUT2D eigenvalue weighted by atomic mass is 10.1. The molecule has 18 heavy (non-hydrogen) atoms. The van der Waals surface area contributed by atoms with E-state index in [2.05, 4.69) is 21.2 Å². The zero-order valence-electron chi connectivity index (χ0n) is 10.4. The minimum Gasteiger partial charge on any atom is -0.349 e. The van der Waals surface area contributed by atoms with Gasteiger partial charge in [0, 0.05) is 17.7 Å². The summed E-state index contributed by atoms with van der Waals surface area (Å²) in [6.07, 6.45) is 0. The van der Waals surface area contributed by atoms with Crippen LogP contribution in [0.2, 0.25) is 0 Å². The number of benzene rings is 1. The third-order valence-corrected chi connectivity index (χ3v) is 3.43. The maximum atomic E-state index is 11.9.